The van der Waals surface area contributed by atoms with Gasteiger partial charge in [0.15, 0.2) is 0 Å². The largest absolute Gasteiger partial charge is 0.307 e. The molecule has 0 aromatic rings. The van der Waals surface area contributed by atoms with E-state index in [1.165, 1.54) is 6.42 Å². The van der Waals surface area contributed by atoms with Crippen LogP contribution < -0.4 is 0 Å². The predicted octanol–water partition coefficient (Wildman–Crippen LogP) is 2.62. The third kappa shape index (κ3) is 4.41. The Balaban J connectivity index is 3.66. The molecule has 0 spiro atoms. The van der Waals surface area contributed by atoms with E-state index >= 15 is 0 Å². The maximum absolute atomic E-state index is 2.34. The first-order valence-electron chi connectivity index (χ1n) is 4.61. The molecular weight excluding hydrogens is 134 g/mol. The van der Waals surface area contributed by atoms with Crippen LogP contribution in [0, 0.1) is 11.8 Å². The molecule has 2 unspecified atom stereocenters. The molecule has 0 radical (unpaired) electrons. The third-order valence-corrected chi connectivity index (χ3v) is 2.73. The van der Waals surface area contributed by atoms with Crippen molar-refractivity contribution in [1.82, 2.24) is 4.90 Å². The summed E-state index contributed by atoms with van der Waals surface area (Å²) in [7, 11) is 4.30. The lowest BCUT2D eigenvalue weighted by Gasteiger charge is -2.25. The Morgan fingerprint density at radius 2 is 1.45 bits per heavy atom. The minimum atomic E-state index is 0.715. The van der Waals surface area contributed by atoms with Gasteiger partial charge < -0.3 is 4.90 Å². The number of hydrogen-bond acceptors (Lipinski definition) is 1. The standard InChI is InChI=1S/C10H23N/c1-8(2)9(3)7-10(4)11(5)6/h8-10H,7H2,1-6H3. The van der Waals surface area contributed by atoms with Crippen molar-refractivity contribution in [2.24, 2.45) is 11.8 Å². The van der Waals surface area contributed by atoms with E-state index in [0.29, 0.717) is 6.04 Å². The molecule has 0 aromatic carbocycles. The van der Waals surface area contributed by atoms with Crippen LogP contribution in [0.4, 0.5) is 0 Å². The quantitative estimate of drug-likeness (QED) is 0.606. The highest BCUT2D eigenvalue weighted by atomic mass is 15.1. The van der Waals surface area contributed by atoms with Gasteiger partial charge in [0.05, 0.1) is 0 Å². The van der Waals surface area contributed by atoms with Gasteiger partial charge in [0.1, 0.15) is 0 Å². The molecule has 0 amide bonds. The highest BCUT2D eigenvalue weighted by Gasteiger charge is 2.12. The monoisotopic (exact) mass is 157 g/mol. The highest BCUT2D eigenvalue weighted by molar-refractivity contribution is 4.66. The molecule has 0 aliphatic carbocycles. The summed E-state index contributed by atoms with van der Waals surface area (Å²) in [6.07, 6.45) is 1.31. The fourth-order valence-corrected chi connectivity index (χ4v) is 1.02. The fourth-order valence-electron chi connectivity index (χ4n) is 1.02. The first kappa shape index (κ1) is 11.0. The molecule has 1 heteroatoms. The maximum atomic E-state index is 2.34. The van der Waals surface area contributed by atoms with Crippen molar-refractivity contribution in [2.75, 3.05) is 14.1 Å². The SMILES string of the molecule is CC(C)C(C)CC(C)N(C)C. The van der Waals surface area contributed by atoms with Crippen molar-refractivity contribution in [3.63, 3.8) is 0 Å². The molecule has 11 heavy (non-hydrogen) atoms. The van der Waals surface area contributed by atoms with E-state index in [-0.39, 0.29) is 0 Å². The minimum Gasteiger partial charge on any atom is -0.307 e. The van der Waals surface area contributed by atoms with Crippen molar-refractivity contribution in [1.29, 1.82) is 0 Å². The Labute approximate surface area is 71.8 Å². The lowest BCUT2D eigenvalue weighted by atomic mass is 9.91. The van der Waals surface area contributed by atoms with Gasteiger partial charge in [-0.05, 0) is 39.3 Å². The smallest absolute Gasteiger partial charge is 0.00634 e. The first-order valence-corrected chi connectivity index (χ1v) is 4.61. The van der Waals surface area contributed by atoms with Crippen molar-refractivity contribution < 1.29 is 0 Å². The van der Waals surface area contributed by atoms with E-state index in [4.69, 9.17) is 0 Å². The zero-order chi connectivity index (χ0) is 9.02. The van der Waals surface area contributed by atoms with Crippen LogP contribution in [0.2, 0.25) is 0 Å². The average molecular weight is 157 g/mol. The van der Waals surface area contributed by atoms with Crippen LogP contribution in [0.1, 0.15) is 34.1 Å². The molecule has 0 saturated heterocycles. The zero-order valence-electron chi connectivity index (χ0n) is 8.89. The van der Waals surface area contributed by atoms with E-state index in [1.807, 2.05) is 0 Å². The first-order chi connectivity index (χ1) is 4.95. The second kappa shape index (κ2) is 4.76. The summed E-state index contributed by atoms with van der Waals surface area (Å²) in [4.78, 5) is 2.29. The lowest BCUT2D eigenvalue weighted by Crippen LogP contribution is -2.27. The van der Waals surface area contributed by atoms with Gasteiger partial charge in [-0.1, -0.05) is 20.8 Å². The molecule has 0 aliphatic rings. The molecule has 1 nitrogen and oxygen atoms in total. The second-order valence-corrected chi connectivity index (χ2v) is 4.27. The van der Waals surface area contributed by atoms with Gasteiger partial charge in [0.2, 0.25) is 0 Å². The van der Waals surface area contributed by atoms with Crippen LogP contribution >= 0.6 is 0 Å². The molecule has 0 aromatic heterocycles. The molecule has 0 aliphatic heterocycles. The Morgan fingerprint density at radius 1 is 1.00 bits per heavy atom. The molecule has 0 N–H and O–H groups in total. The fraction of sp³-hybridized carbons (Fsp3) is 1.00. The van der Waals surface area contributed by atoms with Crippen LogP contribution in [-0.4, -0.2) is 25.0 Å². The normalized spacial score (nSPS) is 17.5. The van der Waals surface area contributed by atoms with Gasteiger partial charge in [0, 0.05) is 6.04 Å². The Morgan fingerprint density at radius 3 is 1.73 bits per heavy atom. The van der Waals surface area contributed by atoms with E-state index in [0.717, 1.165) is 11.8 Å². The van der Waals surface area contributed by atoms with Gasteiger partial charge in [0.25, 0.3) is 0 Å². The van der Waals surface area contributed by atoms with Gasteiger partial charge >= 0.3 is 0 Å². The summed E-state index contributed by atoms with van der Waals surface area (Å²) in [5.74, 6) is 1.66. The van der Waals surface area contributed by atoms with Crippen LogP contribution in [-0.2, 0) is 0 Å². The van der Waals surface area contributed by atoms with Gasteiger partial charge in [-0.2, -0.15) is 0 Å². The molecule has 0 heterocycles. The van der Waals surface area contributed by atoms with E-state index in [1.54, 1.807) is 0 Å². The second-order valence-electron chi connectivity index (χ2n) is 4.27. The predicted molar refractivity (Wildman–Crippen MR) is 51.8 cm³/mol. The topological polar surface area (TPSA) is 3.24 Å². The number of nitrogens with zero attached hydrogens (tertiary/aromatic N) is 1. The van der Waals surface area contributed by atoms with Crippen LogP contribution in [0.3, 0.4) is 0 Å². The van der Waals surface area contributed by atoms with Gasteiger partial charge in [-0.3, -0.25) is 0 Å². The average Bonchev–Trinajstić information content (AvgIpc) is 1.87. The van der Waals surface area contributed by atoms with Crippen molar-refractivity contribution in [3.05, 3.63) is 0 Å². The molecule has 0 fully saturated rings. The van der Waals surface area contributed by atoms with Crippen LogP contribution in [0.15, 0.2) is 0 Å². The molecule has 0 saturated carbocycles. The van der Waals surface area contributed by atoms with E-state index in [2.05, 4.69) is 46.7 Å². The lowest BCUT2D eigenvalue weighted by molar-refractivity contribution is 0.242. The Hall–Kier alpha value is -0.0400. The van der Waals surface area contributed by atoms with Crippen molar-refractivity contribution in [3.8, 4) is 0 Å². The highest BCUT2D eigenvalue weighted by Crippen LogP contribution is 2.17. The van der Waals surface area contributed by atoms with Crippen molar-refractivity contribution >= 4 is 0 Å². The number of rotatable bonds is 4. The Kier molecular flexibility index (Phi) is 4.74. The summed E-state index contributed by atoms with van der Waals surface area (Å²) in [5.41, 5.74) is 0. The van der Waals surface area contributed by atoms with Crippen LogP contribution in [0.5, 0.6) is 0 Å². The number of hydrogen-bond donors (Lipinski definition) is 0. The molecule has 2 atom stereocenters. The van der Waals surface area contributed by atoms with E-state index < -0.39 is 0 Å². The summed E-state index contributed by atoms with van der Waals surface area (Å²) < 4.78 is 0. The molecular formula is C10H23N. The molecule has 68 valence electrons. The summed E-state index contributed by atoms with van der Waals surface area (Å²) in [6.45, 7) is 9.23. The third-order valence-electron chi connectivity index (χ3n) is 2.73. The molecule has 0 rings (SSSR count). The zero-order valence-corrected chi connectivity index (χ0v) is 8.89. The van der Waals surface area contributed by atoms with E-state index in [9.17, 15) is 0 Å². The Bertz CT molecular complexity index is 85.0. The van der Waals surface area contributed by atoms with Crippen molar-refractivity contribution in [2.45, 2.75) is 40.2 Å². The molecule has 0 bridgehead atoms. The van der Waals surface area contributed by atoms with Gasteiger partial charge in [-0.25, -0.2) is 0 Å². The van der Waals surface area contributed by atoms with Crippen LogP contribution in [0.25, 0.3) is 0 Å². The van der Waals surface area contributed by atoms with Gasteiger partial charge in [-0.15, -0.1) is 0 Å². The summed E-state index contributed by atoms with van der Waals surface area (Å²) in [5, 5.41) is 0. The maximum Gasteiger partial charge on any atom is 0.00634 e. The summed E-state index contributed by atoms with van der Waals surface area (Å²) >= 11 is 0. The summed E-state index contributed by atoms with van der Waals surface area (Å²) in [6, 6.07) is 0.715. The minimum absolute atomic E-state index is 0.715.